The van der Waals surface area contributed by atoms with Gasteiger partial charge in [0.2, 0.25) is 0 Å². The molecule has 0 aliphatic carbocycles. The SMILES string of the molecule is C=CCOCCOCCCCCCCCCCCCCCCCCC. The van der Waals surface area contributed by atoms with Crippen LogP contribution in [0.15, 0.2) is 12.7 Å². The fourth-order valence-corrected chi connectivity index (χ4v) is 3.14. The third kappa shape index (κ3) is 23.7. The molecule has 25 heavy (non-hydrogen) atoms. The summed E-state index contributed by atoms with van der Waals surface area (Å²) in [5.74, 6) is 0. The van der Waals surface area contributed by atoms with Gasteiger partial charge in [0.05, 0.1) is 19.8 Å². The molecule has 0 aliphatic rings. The van der Waals surface area contributed by atoms with Crippen molar-refractivity contribution in [3.63, 3.8) is 0 Å². The monoisotopic (exact) mass is 354 g/mol. The van der Waals surface area contributed by atoms with Crippen molar-refractivity contribution in [1.29, 1.82) is 0 Å². The predicted molar refractivity (Wildman–Crippen MR) is 111 cm³/mol. The zero-order valence-electron chi connectivity index (χ0n) is 17.2. The highest BCUT2D eigenvalue weighted by Gasteiger charge is 1.95. The highest BCUT2D eigenvalue weighted by molar-refractivity contribution is 4.63. The number of hydrogen-bond acceptors (Lipinski definition) is 2. The van der Waals surface area contributed by atoms with Crippen LogP contribution in [0.2, 0.25) is 0 Å². The van der Waals surface area contributed by atoms with Crippen LogP contribution < -0.4 is 0 Å². The molecule has 0 aromatic rings. The summed E-state index contributed by atoms with van der Waals surface area (Å²) in [6.07, 6.45) is 24.4. The molecular weight excluding hydrogens is 308 g/mol. The summed E-state index contributed by atoms with van der Waals surface area (Å²) in [6.45, 7) is 8.82. The van der Waals surface area contributed by atoms with Crippen LogP contribution in [0.1, 0.15) is 110 Å². The van der Waals surface area contributed by atoms with E-state index in [1.165, 1.54) is 103 Å². The van der Waals surface area contributed by atoms with Gasteiger partial charge in [-0.3, -0.25) is 0 Å². The van der Waals surface area contributed by atoms with E-state index in [0.717, 1.165) is 6.61 Å². The number of rotatable bonds is 22. The zero-order valence-corrected chi connectivity index (χ0v) is 17.2. The highest BCUT2D eigenvalue weighted by Crippen LogP contribution is 2.13. The van der Waals surface area contributed by atoms with Crippen LogP contribution in [0.3, 0.4) is 0 Å². The van der Waals surface area contributed by atoms with Crippen LogP contribution in [-0.4, -0.2) is 26.4 Å². The molecule has 0 saturated heterocycles. The Morgan fingerprint density at radius 1 is 0.520 bits per heavy atom. The van der Waals surface area contributed by atoms with Gasteiger partial charge in [0.15, 0.2) is 0 Å². The molecule has 2 heteroatoms. The van der Waals surface area contributed by atoms with Crippen molar-refractivity contribution in [3.8, 4) is 0 Å². The number of unbranched alkanes of at least 4 members (excludes halogenated alkanes) is 15. The van der Waals surface area contributed by atoms with Gasteiger partial charge in [0.1, 0.15) is 0 Å². The summed E-state index contributed by atoms with van der Waals surface area (Å²) < 4.78 is 10.8. The first kappa shape index (κ1) is 24.7. The number of ether oxygens (including phenoxy) is 2. The van der Waals surface area contributed by atoms with Crippen LogP contribution in [-0.2, 0) is 9.47 Å². The van der Waals surface area contributed by atoms with Gasteiger partial charge in [0.25, 0.3) is 0 Å². The van der Waals surface area contributed by atoms with Gasteiger partial charge < -0.3 is 9.47 Å². The molecule has 2 nitrogen and oxygen atoms in total. The van der Waals surface area contributed by atoms with Crippen molar-refractivity contribution in [2.45, 2.75) is 110 Å². The molecule has 0 aromatic heterocycles. The van der Waals surface area contributed by atoms with Gasteiger partial charge in [-0.1, -0.05) is 109 Å². The molecule has 0 rings (SSSR count). The summed E-state index contributed by atoms with van der Waals surface area (Å²) in [5, 5.41) is 0. The first-order valence-electron chi connectivity index (χ1n) is 11.2. The van der Waals surface area contributed by atoms with E-state index in [9.17, 15) is 0 Å². The molecule has 0 atom stereocenters. The Bertz CT molecular complexity index is 240. The van der Waals surface area contributed by atoms with Crippen LogP contribution in [0.5, 0.6) is 0 Å². The Hall–Kier alpha value is -0.340. The molecule has 0 bridgehead atoms. The summed E-state index contributed by atoms with van der Waals surface area (Å²) in [5.41, 5.74) is 0. The molecule has 0 spiro atoms. The molecule has 0 aromatic carbocycles. The molecule has 0 saturated carbocycles. The van der Waals surface area contributed by atoms with Gasteiger partial charge in [-0.2, -0.15) is 0 Å². The Labute approximate surface area is 158 Å². The average molecular weight is 355 g/mol. The van der Waals surface area contributed by atoms with E-state index in [0.29, 0.717) is 19.8 Å². The van der Waals surface area contributed by atoms with Gasteiger partial charge in [-0.25, -0.2) is 0 Å². The normalized spacial score (nSPS) is 11.1. The van der Waals surface area contributed by atoms with Crippen molar-refractivity contribution < 1.29 is 9.47 Å². The summed E-state index contributed by atoms with van der Waals surface area (Å²) in [6, 6.07) is 0. The van der Waals surface area contributed by atoms with Crippen molar-refractivity contribution in [2.24, 2.45) is 0 Å². The minimum Gasteiger partial charge on any atom is -0.379 e. The molecule has 0 fully saturated rings. The zero-order chi connectivity index (χ0) is 18.3. The largest absolute Gasteiger partial charge is 0.379 e. The lowest BCUT2D eigenvalue weighted by Gasteiger charge is -2.05. The maximum Gasteiger partial charge on any atom is 0.0704 e. The van der Waals surface area contributed by atoms with Gasteiger partial charge in [-0.05, 0) is 6.42 Å². The van der Waals surface area contributed by atoms with E-state index in [1.807, 2.05) is 0 Å². The predicted octanol–water partition coefficient (Wildman–Crippen LogP) is 7.47. The lowest BCUT2D eigenvalue weighted by molar-refractivity contribution is 0.0567. The molecular formula is C23H46O2. The third-order valence-electron chi connectivity index (χ3n) is 4.75. The van der Waals surface area contributed by atoms with E-state index in [4.69, 9.17) is 9.47 Å². The minimum atomic E-state index is 0.627. The molecule has 0 radical (unpaired) electrons. The molecule has 0 amide bonds. The van der Waals surface area contributed by atoms with Gasteiger partial charge in [-0.15, -0.1) is 6.58 Å². The first-order valence-corrected chi connectivity index (χ1v) is 11.2. The van der Waals surface area contributed by atoms with E-state index in [-0.39, 0.29) is 0 Å². The van der Waals surface area contributed by atoms with Gasteiger partial charge in [0, 0.05) is 6.61 Å². The standard InChI is InChI=1S/C23H46O2/c1-3-5-6-7-8-9-10-11-12-13-14-15-16-17-18-19-21-25-23-22-24-20-4-2/h4H,2-3,5-23H2,1H3. The molecule has 0 heterocycles. The molecule has 0 N–H and O–H groups in total. The second kappa shape index (κ2) is 23.7. The summed E-state index contributed by atoms with van der Waals surface area (Å²) >= 11 is 0. The summed E-state index contributed by atoms with van der Waals surface area (Å²) in [7, 11) is 0. The van der Waals surface area contributed by atoms with Crippen LogP contribution >= 0.6 is 0 Å². The van der Waals surface area contributed by atoms with Gasteiger partial charge >= 0.3 is 0 Å². The maximum absolute atomic E-state index is 5.54. The van der Waals surface area contributed by atoms with Crippen molar-refractivity contribution in [2.75, 3.05) is 26.4 Å². The van der Waals surface area contributed by atoms with Crippen LogP contribution in [0.25, 0.3) is 0 Å². The van der Waals surface area contributed by atoms with E-state index in [2.05, 4.69) is 13.5 Å². The molecule has 0 aliphatic heterocycles. The topological polar surface area (TPSA) is 18.5 Å². The first-order chi connectivity index (χ1) is 12.4. The summed E-state index contributed by atoms with van der Waals surface area (Å²) in [4.78, 5) is 0. The maximum atomic E-state index is 5.54. The second-order valence-corrected chi connectivity index (χ2v) is 7.28. The van der Waals surface area contributed by atoms with E-state index in [1.54, 1.807) is 6.08 Å². The Morgan fingerprint density at radius 3 is 1.36 bits per heavy atom. The Kier molecular flexibility index (Phi) is 23.3. The Morgan fingerprint density at radius 2 is 0.920 bits per heavy atom. The van der Waals surface area contributed by atoms with Crippen LogP contribution in [0, 0.1) is 0 Å². The van der Waals surface area contributed by atoms with E-state index >= 15 is 0 Å². The van der Waals surface area contributed by atoms with E-state index < -0.39 is 0 Å². The highest BCUT2D eigenvalue weighted by atomic mass is 16.5. The lowest BCUT2D eigenvalue weighted by atomic mass is 10.0. The Balaban J connectivity index is 2.95. The molecule has 0 unspecified atom stereocenters. The number of hydrogen-bond donors (Lipinski definition) is 0. The quantitative estimate of drug-likeness (QED) is 0.148. The van der Waals surface area contributed by atoms with Crippen molar-refractivity contribution in [1.82, 2.24) is 0 Å². The molecule has 150 valence electrons. The fourth-order valence-electron chi connectivity index (χ4n) is 3.14. The minimum absolute atomic E-state index is 0.627. The van der Waals surface area contributed by atoms with Crippen LogP contribution in [0.4, 0.5) is 0 Å². The smallest absolute Gasteiger partial charge is 0.0704 e. The van der Waals surface area contributed by atoms with Crippen molar-refractivity contribution >= 4 is 0 Å². The third-order valence-corrected chi connectivity index (χ3v) is 4.75. The van der Waals surface area contributed by atoms with Crippen molar-refractivity contribution in [3.05, 3.63) is 12.7 Å². The fraction of sp³-hybridized carbons (Fsp3) is 0.913. The average Bonchev–Trinajstić information content (AvgIpc) is 2.63. The second-order valence-electron chi connectivity index (χ2n) is 7.28. The lowest BCUT2D eigenvalue weighted by Crippen LogP contribution is -2.05.